The molecule has 1 amide bonds. The first-order valence-electron chi connectivity index (χ1n) is 11.8. The third-order valence-electron chi connectivity index (χ3n) is 5.77. The fraction of sp³-hybridized carbons (Fsp3) is 0.192. The van der Waals surface area contributed by atoms with E-state index in [4.69, 9.17) is 28.9 Å². The molecular weight excluding hydrogens is 529 g/mol. The molecule has 0 radical (unpaired) electrons. The number of nitrogen functional groups attached to an aromatic ring is 1. The van der Waals surface area contributed by atoms with Gasteiger partial charge < -0.3 is 20.9 Å². The number of rotatable bonds is 11. The van der Waals surface area contributed by atoms with E-state index in [1.807, 2.05) is 22.9 Å². The number of nitro groups is 1. The molecule has 0 aliphatic rings. The first-order chi connectivity index (χ1) is 18.3. The van der Waals surface area contributed by atoms with E-state index in [0.29, 0.717) is 65.0 Å². The maximum atomic E-state index is 13.2. The molecule has 0 saturated heterocycles. The predicted octanol–water partition coefficient (Wildman–Crippen LogP) is 5.22. The molecule has 0 atom stereocenters. The second-order valence-electron chi connectivity index (χ2n) is 8.45. The molecule has 3 heterocycles. The summed E-state index contributed by atoms with van der Waals surface area (Å²) in [6.07, 6.45) is 8.50. The fourth-order valence-corrected chi connectivity index (χ4v) is 4.41. The van der Waals surface area contributed by atoms with E-state index in [-0.39, 0.29) is 17.4 Å². The largest absolute Gasteiger partial charge is 0.378 e. The molecule has 196 valence electrons. The normalized spacial score (nSPS) is 10.8. The monoisotopic (exact) mass is 553 g/mol. The molecule has 0 aliphatic heterocycles. The van der Waals surface area contributed by atoms with Gasteiger partial charge in [-0.25, -0.2) is 4.98 Å². The molecule has 0 saturated carbocycles. The van der Waals surface area contributed by atoms with Gasteiger partial charge in [0, 0.05) is 71.7 Å². The zero-order valence-electron chi connectivity index (χ0n) is 20.2. The standard InChI is InChI=1S/C26H25Cl2N7O3/c27-18-4-5-19(22(28)13-18)20-15-34(12-2-10-31-24-7-6-23(35(37)38)25(29)33-24)16-21(20)26(36)32-11-8-17-3-1-9-30-14-17/h1,3-7,9,13-16H,2,8,10-12H2,(H,32,36)(H3,29,31,33). The molecule has 0 bridgehead atoms. The number of anilines is 2. The molecule has 10 nitrogen and oxygen atoms in total. The summed E-state index contributed by atoms with van der Waals surface area (Å²) in [6.45, 7) is 1.58. The summed E-state index contributed by atoms with van der Waals surface area (Å²) < 4.78 is 1.93. The smallest absolute Gasteiger partial charge is 0.311 e. The molecule has 0 fully saturated rings. The first-order valence-corrected chi connectivity index (χ1v) is 12.5. The molecular formula is C26H25Cl2N7O3. The van der Waals surface area contributed by atoms with Gasteiger partial charge in [-0.1, -0.05) is 35.3 Å². The Morgan fingerprint density at radius 3 is 2.66 bits per heavy atom. The fourth-order valence-electron chi connectivity index (χ4n) is 3.90. The van der Waals surface area contributed by atoms with Crippen molar-refractivity contribution in [2.24, 2.45) is 0 Å². The number of hydrogen-bond donors (Lipinski definition) is 3. The van der Waals surface area contributed by atoms with Crippen molar-refractivity contribution in [2.75, 3.05) is 24.1 Å². The van der Waals surface area contributed by atoms with Gasteiger partial charge in [0.2, 0.25) is 5.82 Å². The van der Waals surface area contributed by atoms with Crippen LogP contribution < -0.4 is 16.4 Å². The average molecular weight is 554 g/mol. The number of hydrogen-bond acceptors (Lipinski definition) is 7. The van der Waals surface area contributed by atoms with Crippen LogP contribution in [0.25, 0.3) is 11.1 Å². The van der Waals surface area contributed by atoms with Gasteiger partial charge in [-0.15, -0.1) is 0 Å². The van der Waals surface area contributed by atoms with Crippen molar-refractivity contribution in [3.05, 3.63) is 98.5 Å². The molecule has 0 unspecified atom stereocenters. The molecule has 0 spiro atoms. The van der Waals surface area contributed by atoms with Crippen molar-refractivity contribution < 1.29 is 9.72 Å². The summed E-state index contributed by atoms with van der Waals surface area (Å²) in [4.78, 5) is 31.6. The maximum absolute atomic E-state index is 13.2. The van der Waals surface area contributed by atoms with Gasteiger partial charge in [-0.05, 0) is 42.7 Å². The van der Waals surface area contributed by atoms with Crippen molar-refractivity contribution in [1.82, 2.24) is 19.9 Å². The Morgan fingerprint density at radius 2 is 1.95 bits per heavy atom. The van der Waals surface area contributed by atoms with Crippen LogP contribution in [0.15, 0.2) is 67.3 Å². The van der Waals surface area contributed by atoms with Crippen molar-refractivity contribution in [2.45, 2.75) is 19.4 Å². The Balaban J connectivity index is 1.44. The number of carbonyl (C=O) groups is 1. The highest BCUT2D eigenvalue weighted by molar-refractivity contribution is 6.36. The Morgan fingerprint density at radius 1 is 1.11 bits per heavy atom. The van der Waals surface area contributed by atoms with E-state index < -0.39 is 4.92 Å². The lowest BCUT2D eigenvalue weighted by atomic mass is 10.0. The lowest BCUT2D eigenvalue weighted by Crippen LogP contribution is -2.25. The molecule has 4 N–H and O–H groups in total. The van der Waals surface area contributed by atoms with E-state index in [9.17, 15) is 14.9 Å². The van der Waals surface area contributed by atoms with E-state index in [1.165, 1.54) is 12.1 Å². The minimum absolute atomic E-state index is 0.144. The number of halogens is 2. The Kier molecular flexibility index (Phi) is 8.77. The van der Waals surface area contributed by atoms with Gasteiger partial charge in [0.15, 0.2) is 0 Å². The zero-order valence-corrected chi connectivity index (χ0v) is 21.7. The quantitative estimate of drug-likeness (QED) is 0.131. The van der Waals surface area contributed by atoms with E-state index in [1.54, 1.807) is 36.8 Å². The number of aromatic nitrogens is 3. The summed E-state index contributed by atoms with van der Waals surface area (Å²) >= 11 is 12.6. The number of nitrogens with two attached hydrogens (primary N) is 1. The third kappa shape index (κ3) is 6.78. The summed E-state index contributed by atoms with van der Waals surface area (Å²) in [5.41, 5.74) is 8.35. The van der Waals surface area contributed by atoms with Crippen molar-refractivity contribution in [3.63, 3.8) is 0 Å². The Hall–Kier alpha value is -4.15. The van der Waals surface area contributed by atoms with Gasteiger partial charge in [0.25, 0.3) is 5.91 Å². The SMILES string of the molecule is Nc1nc(NCCCn2cc(C(=O)NCCc3cccnc3)c(-c3ccc(Cl)cc3Cl)c2)ccc1[N+](=O)[O-]. The van der Waals surface area contributed by atoms with Crippen LogP contribution >= 0.6 is 23.2 Å². The summed E-state index contributed by atoms with van der Waals surface area (Å²) in [5.74, 6) is 0.0920. The van der Waals surface area contributed by atoms with Crippen LogP contribution in [0.3, 0.4) is 0 Å². The van der Waals surface area contributed by atoms with Gasteiger partial charge in [0.1, 0.15) is 5.82 Å². The number of nitrogens with zero attached hydrogens (tertiary/aromatic N) is 4. The van der Waals surface area contributed by atoms with Gasteiger partial charge >= 0.3 is 5.69 Å². The van der Waals surface area contributed by atoms with Crippen molar-refractivity contribution >= 4 is 46.4 Å². The van der Waals surface area contributed by atoms with Crippen LogP contribution in [0.2, 0.25) is 10.0 Å². The van der Waals surface area contributed by atoms with Crippen LogP contribution in [-0.2, 0) is 13.0 Å². The van der Waals surface area contributed by atoms with Crippen LogP contribution in [0.1, 0.15) is 22.3 Å². The van der Waals surface area contributed by atoms with E-state index in [0.717, 1.165) is 5.56 Å². The maximum Gasteiger partial charge on any atom is 0.311 e. The first kappa shape index (κ1) is 26.9. The topological polar surface area (TPSA) is 141 Å². The molecule has 0 aliphatic carbocycles. The predicted molar refractivity (Wildman–Crippen MR) is 149 cm³/mol. The summed E-state index contributed by atoms with van der Waals surface area (Å²) in [6, 6.07) is 11.8. The summed E-state index contributed by atoms with van der Waals surface area (Å²) in [7, 11) is 0. The number of benzene rings is 1. The number of nitrogens with one attached hydrogen (secondary N) is 2. The van der Waals surface area contributed by atoms with E-state index in [2.05, 4.69) is 20.6 Å². The molecule has 4 rings (SSSR count). The molecule has 12 heteroatoms. The second-order valence-corrected chi connectivity index (χ2v) is 9.30. The minimum atomic E-state index is -0.574. The highest BCUT2D eigenvalue weighted by Gasteiger charge is 2.18. The van der Waals surface area contributed by atoms with Crippen molar-refractivity contribution in [3.8, 4) is 11.1 Å². The molecule has 38 heavy (non-hydrogen) atoms. The number of carbonyl (C=O) groups excluding carboxylic acids is 1. The van der Waals surface area contributed by atoms with Crippen LogP contribution in [-0.4, -0.2) is 38.5 Å². The minimum Gasteiger partial charge on any atom is -0.378 e. The second kappa shape index (κ2) is 12.4. The van der Waals surface area contributed by atoms with Gasteiger partial charge in [-0.3, -0.25) is 19.9 Å². The van der Waals surface area contributed by atoms with Gasteiger partial charge in [-0.2, -0.15) is 0 Å². The zero-order chi connectivity index (χ0) is 27.1. The number of pyridine rings is 2. The Labute approximate surface area is 229 Å². The molecule has 1 aromatic carbocycles. The lowest BCUT2D eigenvalue weighted by Gasteiger charge is -2.08. The average Bonchev–Trinajstić information content (AvgIpc) is 3.31. The van der Waals surface area contributed by atoms with Crippen LogP contribution in [0.5, 0.6) is 0 Å². The Bertz CT molecular complexity index is 1440. The highest BCUT2D eigenvalue weighted by Crippen LogP contribution is 2.33. The van der Waals surface area contributed by atoms with Crippen LogP contribution in [0, 0.1) is 10.1 Å². The highest BCUT2D eigenvalue weighted by atomic mass is 35.5. The molecule has 3 aromatic heterocycles. The van der Waals surface area contributed by atoms with Crippen LogP contribution in [0.4, 0.5) is 17.3 Å². The number of aryl methyl sites for hydroxylation is 1. The number of amides is 1. The van der Waals surface area contributed by atoms with Gasteiger partial charge in [0.05, 0.1) is 10.5 Å². The van der Waals surface area contributed by atoms with E-state index >= 15 is 0 Å². The molecule has 4 aromatic rings. The lowest BCUT2D eigenvalue weighted by molar-refractivity contribution is -0.384. The third-order valence-corrected chi connectivity index (χ3v) is 6.31. The van der Waals surface area contributed by atoms with Crippen molar-refractivity contribution in [1.29, 1.82) is 0 Å². The summed E-state index contributed by atoms with van der Waals surface area (Å²) in [5, 5.41) is 17.9.